The van der Waals surface area contributed by atoms with Crippen molar-refractivity contribution < 1.29 is 0 Å². The van der Waals surface area contributed by atoms with Gasteiger partial charge >= 0.3 is 0 Å². The van der Waals surface area contributed by atoms with E-state index >= 15 is 0 Å². The molecule has 0 aliphatic heterocycles. The molecule has 0 fully saturated rings. The molecule has 3 aromatic rings. The maximum Gasteiger partial charge on any atom is 0.193 e. The first-order valence-electron chi connectivity index (χ1n) is 4.92. The summed E-state index contributed by atoms with van der Waals surface area (Å²) in [7, 11) is 0. The molecule has 0 radical (unpaired) electrons. The molecule has 3 rings (SSSR count). The van der Waals surface area contributed by atoms with Crippen molar-refractivity contribution in [2.24, 2.45) is 0 Å². The molecule has 0 spiro atoms. The number of aromatic amines is 1. The van der Waals surface area contributed by atoms with Gasteiger partial charge in [-0.05, 0) is 12.1 Å². The van der Waals surface area contributed by atoms with E-state index in [4.69, 9.17) is 5.73 Å². The molecule has 1 aromatic carbocycles. The van der Waals surface area contributed by atoms with Crippen LogP contribution in [-0.4, -0.2) is 25.6 Å². The van der Waals surface area contributed by atoms with Gasteiger partial charge in [0.1, 0.15) is 5.52 Å². The molecule has 0 unspecified atom stereocenters. The van der Waals surface area contributed by atoms with E-state index in [0.717, 1.165) is 15.9 Å². The minimum Gasteiger partial charge on any atom is -0.395 e. The molecule has 7 nitrogen and oxygen atoms in total. The highest BCUT2D eigenvalue weighted by Crippen LogP contribution is 2.29. The van der Waals surface area contributed by atoms with E-state index in [1.54, 1.807) is 16.8 Å². The maximum atomic E-state index is 6.02. The van der Waals surface area contributed by atoms with Crippen LogP contribution in [0.2, 0.25) is 0 Å². The van der Waals surface area contributed by atoms with Crippen LogP contribution in [-0.2, 0) is 6.54 Å². The van der Waals surface area contributed by atoms with Gasteiger partial charge in [-0.2, -0.15) is 5.21 Å². The summed E-state index contributed by atoms with van der Waals surface area (Å²) in [4.78, 5) is 4.23. The Morgan fingerprint density at radius 2 is 2.35 bits per heavy atom. The Kier molecular flexibility index (Phi) is 2.33. The second-order valence-corrected chi connectivity index (χ2v) is 4.29. The topological polar surface area (TPSA) is 105 Å². The van der Waals surface area contributed by atoms with E-state index in [1.807, 2.05) is 12.1 Å². The monoisotopic (exact) mass is 247 g/mol. The molecule has 8 heteroatoms. The van der Waals surface area contributed by atoms with Crippen LogP contribution in [0.25, 0.3) is 10.2 Å². The Hall–Kier alpha value is -2.22. The summed E-state index contributed by atoms with van der Waals surface area (Å²) in [5.41, 5.74) is 10.1. The number of nitrogens with two attached hydrogens (primary N) is 1. The number of rotatable bonds is 3. The Morgan fingerprint density at radius 3 is 3.18 bits per heavy atom. The second kappa shape index (κ2) is 3.98. The number of nitrogens with zero attached hydrogens (tertiary/aromatic N) is 4. The summed E-state index contributed by atoms with van der Waals surface area (Å²) < 4.78 is 1.08. The van der Waals surface area contributed by atoms with E-state index in [0.29, 0.717) is 18.1 Å². The zero-order valence-electron chi connectivity index (χ0n) is 8.71. The van der Waals surface area contributed by atoms with Gasteiger partial charge in [0.05, 0.1) is 28.1 Å². The molecule has 4 N–H and O–H groups in total. The lowest BCUT2D eigenvalue weighted by molar-refractivity contribution is 0.881. The van der Waals surface area contributed by atoms with E-state index in [2.05, 4.69) is 30.9 Å². The SMILES string of the molecule is Nc1c(NCc2nn[nH]n2)ccc2scnc12. The number of hydrogen-bond acceptors (Lipinski definition) is 7. The van der Waals surface area contributed by atoms with Gasteiger partial charge in [0.15, 0.2) is 5.82 Å². The minimum atomic E-state index is 0.469. The third kappa shape index (κ3) is 1.78. The van der Waals surface area contributed by atoms with Crippen LogP contribution in [0.1, 0.15) is 5.82 Å². The van der Waals surface area contributed by atoms with Gasteiger partial charge in [-0.25, -0.2) is 4.98 Å². The summed E-state index contributed by atoms with van der Waals surface area (Å²) in [6.45, 7) is 0.469. The van der Waals surface area contributed by atoms with Crippen molar-refractivity contribution >= 4 is 32.9 Å². The zero-order chi connectivity index (χ0) is 11.7. The molecule has 0 saturated heterocycles. The quantitative estimate of drug-likeness (QED) is 0.596. The normalized spacial score (nSPS) is 10.8. The van der Waals surface area contributed by atoms with Crippen molar-refractivity contribution in [3.63, 3.8) is 0 Å². The van der Waals surface area contributed by atoms with Gasteiger partial charge in [0.2, 0.25) is 0 Å². The fraction of sp³-hybridized carbons (Fsp3) is 0.111. The molecule has 2 aromatic heterocycles. The predicted octanol–water partition coefficient (Wildman–Crippen LogP) is 1.00. The van der Waals surface area contributed by atoms with Gasteiger partial charge in [0.25, 0.3) is 0 Å². The van der Waals surface area contributed by atoms with Crippen LogP contribution < -0.4 is 11.1 Å². The number of thiazole rings is 1. The zero-order valence-corrected chi connectivity index (χ0v) is 9.53. The first kappa shape index (κ1) is 9.97. The van der Waals surface area contributed by atoms with Crippen LogP contribution in [0.3, 0.4) is 0 Å². The van der Waals surface area contributed by atoms with Gasteiger partial charge < -0.3 is 11.1 Å². The standard InChI is InChI=1S/C9H9N7S/c10-8-5(11-3-7-13-15-16-14-7)1-2-6-9(8)12-4-17-6/h1-2,4,11H,3,10H2,(H,13,14,15,16). The second-order valence-electron chi connectivity index (χ2n) is 3.41. The van der Waals surface area contributed by atoms with Crippen molar-refractivity contribution in [3.8, 4) is 0 Å². The molecule has 0 amide bonds. The first-order chi connectivity index (χ1) is 8.34. The summed E-state index contributed by atoms with van der Waals surface area (Å²) in [5.74, 6) is 0.586. The fourth-order valence-corrected chi connectivity index (χ4v) is 2.23. The smallest absolute Gasteiger partial charge is 0.193 e. The number of fused-ring (bicyclic) bond motifs is 1. The van der Waals surface area contributed by atoms with E-state index in [-0.39, 0.29) is 0 Å². The molecule has 17 heavy (non-hydrogen) atoms. The number of nitrogens with one attached hydrogen (secondary N) is 2. The average Bonchev–Trinajstić information content (AvgIpc) is 2.99. The average molecular weight is 247 g/mol. The number of aromatic nitrogens is 5. The third-order valence-corrected chi connectivity index (χ3v) is 3.16. The van der Waals surface area contributed by atoms with E-state index in [1.165, 1.54) is 0 Å². The van der Waals surface area contributed by atoms with Gasteiger partial charge in [-0.15, -0.1) is 21.5 Å². The van der Waals surface area contributed by atoms with Crippen molar-refractivity contribution in [3.05, 3.63) is 23.5 Å². The van der Waals surface area contributed by atoms with Crippen molar-refractivity contribution in [1.29, 1.82) is 0 Å². The van der Waals surface area contributed by atoms with Crippen LogP contribution in [0.5, 0.6) is 0 Å². The Morgan fingerprint density at radius 1 is 1.41 bits per heavy atom. The highest BCUT2D eigenvalue weighted by Gasteiger charge is 2.07. The first-order valence-corrected chi connectivity index (χ1v) is 5.80. The van der Waals surface area contributed by atoms with Crippen LogP contribution in [0.15, 0.2) is 17.6 Å². The number of anilines is 2. The number of benzene rings is 1. The molecule has 0 bridgehead atoms. The Balaban J connectivity index is 1.87. The third-order valence-electron chi connectivity index (χ3n) is 2.37. The Labute approximate surface area is 100 Å². The van der Waals surface area contributed by atoms with E-state index < -0.39 is 0 Å². The molecule has 2 heterocycles. The number of H-pyrrole nitrogens is 1. The van der Waals surface area contributed by atoms with Gasteiger partial charge in [-0.3, -0.25) is 0 Å². The molecular weight excluding hydrogens is 238 g/mol. The molecule has 86 valence electrons. The van der Waals surface area contributed by atoms with Crippen molar-refractivity contribution in [1.82, 2.24) is 25.6 Å². The largest absolute Gasteiger partial charge is 0.395 e. The van der Waals surface area contributed by atoms with Crippen molar-refractivity contribution in [2.75, 3.05) is 11.1 Å². The maximum absolute atomic E-state index is 6.02. The lowest BCUT2D eigenvalue weighted by Gasteiger charge is -2.07. The summed E-state index contributed by atoms with van der Waals surface area (Å²) in [6.07, 6.45) is 0. The summed E-state index contributed by atoms with van der Waals surface area (Å²) in [5, 5.41) is 16.7. The van der Waals surface area contributed by atoms with Gasteiger partial charge in [0, 0.05) is 0 Å². The molecule has 0 saturated carbocycles. The highest BCUT2D eigenvalue weighted by molar-refractivity contribution is 7.16. The number of hydrogen-bond donors (Lipinski definition) is 3. The lowest BCUT2D eigenvalue weighted by atomic mass is 10.2. The molecule has 0 aliphatic carbocycles. The van der Waals surface area contributed by atoms with Crippen molar-refractivity contribution in [2.45, 2.75) is 6.54 Å². The molecule has 0 atom stereocenters. The fourth-order valence-electron chi connectivity index (χ4n) is 1.54. The summed E-state index contributed by atoms with van der Waals surface area (Å²) >= 11 is 1.57. The highest BCUT2D eigenvalue weighted by atomic mass is 32.1. The molecule has 0 aliphatic rings. The van der Waals surface area contributed by atoms with Crippen LogP contribution >= 0.6 is 11.3 Å². The van der Waals surface area contributed by atoms with E-state index in [9.17, 15) is 0 Å². The number of nitrogen functional groups attached to an aromatic ring is 1. The van der Waals surface area contributed by atoms with Gasteiger partial charge in [-0.1, -0.05) is 5.21 Å². The molecular formula is C9H9N7S. The van der Waals surface area contributed by atoms with Crippen LogP contribution in [0.4, 0.5) is 11.4 Å². The number of tetrazole rings is 1. The summed E-state index contributed by atoms with van der Waals surface area (Å²) in [6, 6.07) is 3.91. The lowest BCUT2D eigenvalue weighted by Crippen LogP contribution is -2.04. The Bertz CT molecular complexity index is 630. The minimum absolute atomic E-state index is 0.469. The van der Waals surface area contributed by atoms with Crippen LogP contribution in [0, 0.1) is 0 Å². The predicted molar refractivity (Wildman–Crippen MR) is 65.5 cm³/mol.